The lowest BCUT2D eigenvalue weighted by molar-refractivity contribution is -0.137. The monoisotopic (exact) mass is 353 g/mol. The summed E-state index contributed by atoms with van der Waals surface area (Å²) in [5.41, 5.74) is 0.261. The molecule has 2 aromatic rings. The quantitative estimate of drug-likeness (QED) is 0.715. The maximum atomic E-state index is 12.7. The van der Waals surface area contributed by atoms with Crippen molar-refractivity contribution in [2.24, 2.45) is 0 Å². The first-order valence-electron chi connectivity index (χ1n) is 7.92. The molecule has 0 fully saturated rings. The molecule has 2 aromatic carbocycles. The third-order valence-corrected chi connectivity index (χ3v) is 3.79. The fraction of sp³-hybridized carbons (Fsp3) is 0.368. The molecule has 3 nitrogen and oxygen atoms in total. The SMILES string of the molecule is COc1ccc(C(CCN(C)C)Oc2ccc(C(F)(F)F)cc2)cc1. The molecule has 136 valence electrons. The number of halogens is 3. The van der Waals surface area contributed by atoms with E-state index in [1.54, 1.807) is 7.11 Å². The highest BCUT2D eigenvalue weighted by Gasteiger charge is 2.30. The lowest BCUT2D eigenvalue weighted by Crippen LogP contribution is -2.18. The van der Waals surface area contributed by atoms with Crippen LogP contribution in [0, 0.1) is 0 Å². The van der Waals surface area contributed by atoms with Gasteiger partial charge in [-0.2, -0.15) is 13.2 Å². The number of nitrogens with zero attached hydrogens (tertiary/aromatic N) is 1. The zero-order valence-electron chi connectivity index (χ0n) is 14.5. The molecule has 1 unspecified atom stereocenters. The van der Waals surface area contributed by atoms with Gasteiger partial charge in [0, 0.05) is 13.0 Å². The molecule has 0 aliphatic carbocycles. The van der Waals surface area contributed by atoms with Crippen LogP contribution in [-0.4, -0.2) is 32.6 Å². The Morgan fingerprint density at radius 3 is 1.96 bits per heavy atom. The van der Waals surface area contributed by atoms with E-state index in [1.165, 1.54) is 12.1 Å². The van der Waals surface area contributed by atoms with E-state index in [0.717, 1.165) is 30.0 Å². The van der Waals surface area contributed by atoms with Crippen LogP contribution in [0.2, 0.25) is 0 Å². The minimum Gasteiger partial charge on any atom is -0.497 e. The summed E-state index contributed by atoms with van der Waals surface area (Å²) in [6.07, 6.45) is -3.90. The Hall–Kier alpha value is -2.21. The predicted molar refractivity (Wildman–Crippen MR) is 91.0 cm³/mol. The first-order valence-corrected chi connectivity index (χ1v) is 7.92. The number of benzene rings is 2. The lowest BCUT2D eigenvalue weighted by atomic mass is 10.1. The Balaban J connectivity index is 2.17. The number of methoxy groups -OCH3 is 1. The van der Waals surface area contributed by atoms with Crippen LogP contribution in [0.1, 0.15) is 23.7 Å². The van der Waals surface area contributed by atoms with E-state index in [4.69, 9.17) is 9.47 Å². The van der Waals surface area contributed by atoms with E-state index in [-0.39, 0.29) is 6.10 Å². The Morgan fingerprint density at radius 1 is 0.920 bits per heavy atom. The summed E-state index contributed by atoms with van der Waals surface area (Å²) in [6, 6.07) is 12.3. The standard InChI is InChI=1S/C19H22F3NO2/c1-23(2)13-12-18(14-4-8-16(24-3)9-5-14)25-17-10-6-15(7-11-17)19(20,21)22/h4-11,18H,12-13H2,1-3H3. The van der Waals surface area contributed by atoms with Crippen LogP contribution in [-0.2, 0) is 6.18 Å². The van der Waals surface area contributed by atoms with Gasteiger partial charge < -0.3 is 14.4 Å². The molecule has 0 radical (unpaired) electrons. The normalized spacial score (nSPS) is 12.9. The molecule has 25 heavy (non-hydrogen) atoms. The van der Waals surface area contributed by atoms with Crippen molar-refractivity contribution in [2.75, 3.05) is 27.7 Å². The van der Waals surface area contributed by atoms with E-state index < -0.39 is 11.7 Å². The highest BCUT2D eigenvalue weighted by molar-refractivity contribution is 5.32. The van der Waals surface area contributed by atoms with Crippen LogP contribution in [0.5, 0.6) is 11.5 Å². The van der Waals surface area contributed by atoms with Gasteiger partial charge >= 0.3 is 6.18 Å². The molecular weight excluding hydrogens is 331 g/mol. The summed E-state index contributed by atoms with van der Waals surface area (Å²) >= 11 is 0. The predicted octanol–water partition coefficient (Wildman–Crippen LogP) is 4.79. The van der Waals surface area contributed by atoms with Gasteiger partial charge in [-0.3, -0.25) is 0 Å². The zero-order chi connectivity index (χ0) is 18.4. The van der Waals surface area contributed by atoms with Crippen LogP contribution in [0.3, 0.4) is 0 Å². The second kappa shape index (κ2) is 8.25. The van der Waals surface area contributed by atoms with Crippen molar-refractivity contribution in [3.05, 3.63) is 59.7 Å². The van der Waals surface area contributed by atoms with Gasteiger partial charge in [-0.1, -0.05) is 12.1 Å². The van der Waals surface area contributed by atoms with Crippen molar-refractivity contribution in [1.82, 2.24) is 4.90 Å². The van der Waals surface area contributed by atoms with Crippen molar-refractivity contribution in [3.63, 3.8) is 0 Å². The molecule has 0 heterocycles. The minimum absolute atomic E-state index is 0.259. The molecule has 0 N–H and O–H groups in total. The summed E-state index contributed by atoms with van der Waals surface area (Å²) in [5, 5.41) is 0. The van der Waals surface area contributed by atoms with Crippen molar-refractivity contribution in [3.8, 4) is 11.5 Å². The molecule has 0 saturated heterocycles. The molecule has 0 aliphatic rings. The third-order valence-electron chi connectivity index (χ3n) is 3.79. The van der Waals surface area contributed by atoms with Gasteiger partial charge in [0.2, 0.25) is 0 Å². The second-order valence-electron chi connectivity index (χ2n) is 5.99. The highest BCUT2D eigenvalue weighted by Crippen LogP contribution is 2.32. The maximum absolute atomic E-state index is 12.7. The average molecular weight is 353 g/mol. The van der Waals surface area contributed by atoms with Gasteiger partial charge in [-0.15, -0.1) is 0 Å². The van der Waals surface area contributed by atoms with Gasteiger partial charge in [0.15, 0.2) is 0 Å². The molecule has 2 rings (SSSR count). The molecule has 0 bridgehead atoms. The molecule has 0 aliphatic heterocycles. The summed E-state index contributed by atoms with van der Waals surface area (Å²) in [5.74, 6) is 1.15. The fourth-order valence-electron chi connectivity index (χ4n) is 2.37. The molecule has 0 spiro atoms. The number of ether oxygens (including phenoxy) is 2. The largest absolute Gasteiger partial charge is 0.497 e. The third kappa shape index (κ3) is 5.67. The topological polar surface area (TPSA) is 21.7 Å². The second-order valence-corrected chi connectivity index (χ2v) is 5.99. The van der Waals surface area contributed by atoms with Gasteiger partial charge in [0.05, 0.1) is 12.7 Å². The first kappa shape index (κ1) is 19.1. The van der Waals surface area contributed by atoms with E-state index in [0.29, 0.717) is 12.2 Å². The molecule has 6 heteroatoms. The Bertz CT molecular complexity index is 652. The van der Waals surface area contributed by atoms with E-state index in [1.807, 2.05) is 43.3 Å². The van der Waals surface area contributed by atoms with Crippen molar-refractivity contribution in [1.29, 1.82) is 0 Å². The van der Waals surface area contributed by atoms with Crippen molar-refractivity contribution < 1.29 is 22.6 Å². The lowest BCUT2D eigenvalue weighted by Gasteiger charge is -2.22. The number of hydrogen-bond donors (Lipinski definition) is 0. The number of rotatable bonds is 7. The van der Waals surface area contributed by atoms with Gasteiger partial charge in [0.1, 0.15) is 17.6 Å². The Morgan fingerprint density at radius 2 is 1.48 bits per heavy atom. The van der Waals surface area contributed by atoms with Gasteiger partial charge in [0.25, 0.3) is 0 Å². The Labute approximate surface area is 146 Å². The number of alkyl halides is 3. The van der Waals surface area contributed by atoms with Crippen LogP contribution in [0.15, 0.2) is 48.5 Å². The molecule has 0 aromatic heterocycles. The zero-order valence-corrected chi connectivity index (χ0v) is 14.5. The minimum atomic E-state index is -4.35. The van der Waals surface area contributed by atoms with E-state index >= 15 is 0 Å². The Kier molecular flexibility index (Phi) is 6.31. The van der Waals surface area contributed by atoms with Crippen LogP contribution in [0.4, 0.5) is 13.2 Å². The van der Waals surface area contributed by atoms with Gasteiger partial charge in [-0.05, 0) is 56.1 Å². The van der Waals surface area contributed by atoms with Crippen LogP contribution < -0.4 is 9.47 Å². The van der Waals surface area contributed by atoms with Crippen molar-refractivity contribution in [2.45, 2.75) is 18.7 Å². The molecule has 0 saturated carbocycles. The fourth-order valence-corrected chi connectivity index (χ4v) is 2.37. The maximum Gasteiger partial charge on any atom is 0.416 e. The first-order chi connectivity index (χ1) is 11.8. The van der Waals surface area contributed by atoms with Gasteiger partial charge in [-0.25, -0.2) is 0 Å². The van der Waals surface area contributed by atoms with Crippen molar-refractivity contribution >= 4 is 0 Å². The summed E-state index contributed by atoms with van der Waals surface area (Å²) in [7, 11) is 5.52. The molecule has 0 amide bonds. The average Bonchev–Trinajstić information content (AvgIpc) is 2.58. The van der Waals surface area contributed by atoms with Crippen LogP contribution in [0.25, 0.3) is 0 Å². The summed E-state index contributed by atoms with van der Waals surface area (Å²) in [6.45, 7) is 0.789. The summed E-state index contributed by atoms with van der Waals surface area (Å²) in [4.78, 5) is 2.03. The molecule has 1 atom stereocenters. The molecular formula is C19H22F3NO2. The van der Waals surface area contributed by atoms with E-state index in [9.17, 15) is 13.2 Å². The highest BCUT2D eigenvalue weighted by atomic mass is 19.4. The summed E-state index contributed by atoms with van der Waals surface area (Å²) < 4.78 is 49.1. The van der Waals surface area contributed by atoms with Crippen LogP contribution >= 0.6 is 0 Å². The number of hydrogen-bond acceptors (Lipinski definition) is 3. The smallest absolute Gasteiger partial charge is 0.416 e. The van der Waals surface area contributed by atoms with E-state index in [2.05, 4.69) is 0 Å².